The molecule has 3 aliphatic rings. The SMILES string of the molecule is O=C1c2cccc3c(N4CCC4)ccc(c23)C(=O)N1CC1CCCC1. The van der Waals surface area contributed by atoms with E-state index in [1.165, 1.54) is 24.2 Å². The molecule has 4 nitrogen and oxygen atoms in total. The van der Waals surface area contributed by atoms with E-state index in [2.05, 4.69) is 11.0 Å². The molecular weight excluding hydrogens is 312 g/mol. The maximum atomic E-state index is 13.1. The van der Waals surface area contributed by atoms with Gasteiger partial charge in [-0.2, -0.15) is 0 Å². The fourth-order valence-corrected chi connectivity index (χ4v) is 4.58. The average Bonchev–Trinajstić information content (AvgIpc) is 3.09. The van der Waals surface area contributed by atoms with Crippen LogP contribution < -0.4 is 4.90 Å². The van der Waals surface area contributed by atoms with Crippen LogP contribution in [0.1, 0.15) is 52.8 Å². The third-order valence-corrected chi connectivity index (χ3v) is 6.08. The summed E-state index contributed by atoms with van der Waals surface area (Å²) in [4.78, 5) is 29.9. The largest absolute Gasteiger partial charge is 0.371 e. The standard InChI is InChI=1S/C21H22N2O2/c24-20-16-8-3-7-15-18(22-11-4-12-22)10-9-17(19(15)16)21(25)23(20)13-14-5-1-2-6-14/h3,7-10,14H,1-2,4-6,11-13H2. The second kappa shape index (κ2) is 5.58. The summed E-state index contributed by atoms with van der Waals surface area (Å²) in [6.45, 7) is 2.67. The van der Waals surface area contributed by atoms with E-state index in [4.69, 9.17) is 0 Å². The molecule has 2 amide bonds. The smallest absolute Gasteiger partial charge is 0.261 e. The van der Waals surface area contributed by atoms with E-state index in [0.717, 1.165) is 42.4 Å². The Balaban J connectivity index is 1.61. The second-order valence-electron chi connectivity index (χ2n) is 7.57. The Kier molecular flexibility index (Phi) is 3.34. The Hall–Kier alpha value is -2.36. The van der Waals surface area contributed by atoms with Crippen LogP contribution in [-0.2, 0) is 0 Å². The summed E-state index contributed by atoms with van der Waals surface area (Å²) in [6.07, 6.45) is 5.89. The van der Waals surface area contributed by atoms with Crippen LogP contribution in [0.15, 0.2) is 30.3 Å². The van der Waals surface area contributed by atoms with Crippen LogP contribution in [0.2, 0.25) is 0 Å². The minimum absolute atomic E-state index is 0.115. The summed E-state index contributed by atoms with van der Waals surface area (Å²) in [5.74, 6) is 0.237. The van der Waals surface area contributed by atoms with Crippen molar-refractivity contribution in [1.29, 1.82) is 0 Å². The molecule has 0 N–H and O–H groups in total. The van der Waals surface area contributed by atoms with E-state index >= 15 is 0 Å². The first-order chi connectivity index (χ1) is 12.2. The van der Waals surface area contributed by atoms with Gasteiger partial charge in [0.05, 0.1) is 0 Å². The first-order valence-corrected chi connectivity index (χ1v) is 9.41. The van der Waals surface area contributed by atoms with E-state index in [1.807, 2.05) is 24.3 Å². The number of rotatable bonds is 3. The lowest BCUT2D eigenvalue weighted by Gasteiger charge is -2.35. The van der Waals surface area contributed by atoms with Gasteiger partial charge < -0.3 is 4.90 Å². The fraction of sp³-hybridized carbons (Fsp3) is 0.429. The van der Waals surface area contributed by atoms with E-state index in [-0.39, 0.29) is 11.8 Å². The van der Waals surface area contributed by atoms with Gasteiger partial charge in [0.15, 0.2) is 0 Å². The number of hydrogen-bond acceptors (Lipinski definition) is 3. The molecule has 0 spiro atoms. The molecule has 0 aromatic heterocycles. The number of imide groups is 1. The minimum atomic E-state index is -0.115. The minimum Gasteiger partial charge on any atom is -0.371 e. The van der Waals surface area contributed by atoms with Crippen LogP contribution in [0.3, 0.4) is 0 Å². The summed E-state index contributed by atoms with van der Waals surface area (Å²) in [5, 5.41) is 1.89. The van der Waals surface area contributed by atoms with E-state index in [1.54, 1.807) is 0 Å². The van der Waals surface area contributed by atoms with E-state index in [9.17, 15) is 9.59 Å². The zero-order valence-corrected chi connectivity index (χ0v) is 14.3. The summed E-state index contributed by atoms with van der Waals surface area (Å²) in [6, 6.07) is 9.86. The van der Waals surface area contributed by atoms with Crippen molar-refractivity contribution < 1.29 is 9.59 Å². The van der Waals surface area contributed by atoms with Crippen LogP contribution >= 0.6 is 0 Å². The summed E-state index contributed by atoms with van der Waals surface area (Å²) >= 11 is 0. The fourth-order valence-electron chi connectivity index (χ4n) is 4.58. The topological polar surface area (TPSA) is 40.6 Å². The lowest BCUT2D eigenvalue weighted by Crippen LogP contribution is -2.43. The van der Waals surface area contributed by atoms with Gasteiger partial charge in [0.25, 0.3) is 11.8 Å². The Morgan fingerprint density at radius 1 is 0.880 bits per heavy atom. The molecule has 1 saturated heterocycles. The first kappa shape index (κ1) is 14.9. The molecular formula is C21H22N2O2. The van der Waals surface area contributed by atoms with Gasteiger partial charge >= 0.3 is 0 Å². The van der Waals surface area contributed by atoms with Gasteiger partial charge in [-0.3, -0.25) is 14.5 Å². The zero-order valence-electron chi connectivity index (χ0n) is 14.3. The Morgan fingerprint density at radius 3 is 2.28 bits per heavy atom. The molecule has 0 bridgehead atoms. The highest BCUT2D eigenvalue weighted by atomic mass is 16.2. The average molecular weight is 334 g/mol. The molecule has 0 radical (unpaired) electrons. The second-order valence-corrected chi connectivity index (χ2v) is 7.57. The van der Waals surface area contributed by atoms with Crippen molar-refractivity contribution in [1.82, 2.24) is 4.90 Å². The highest BCUT2D eigenvalue weighted by molar-refractivity contribution is 6.26. The molecule has 128 valence electrons. The maximum Gasteiger partial charge on any atom is 0.261 e. The number of amides is 2. The predicted octanol–water partition coefficient (Wildman–Crippen LogP) is 3.84. The summed E-state index contributed by atoms with van der Waals surface area (Å²) in [7, 11) is 0. The molecule has 2 aromatic rings. The van der Waals surface area contributed by atoms with Gasteiger partial charge in [0.2, 0.25) is 0 Å². The molecule has 5 rings (SSSR count). The van der Waals surface area contributed by atoms with Crippen LogP contribution in [0, 0.1) is 5.92 Å². The third kappa shape index (κ3) is 2.20. The third-order valence-electron chi connectivity index (χ3n) is 6.08. The highest BCUT2D eigenvalue weighted by Crippen LogP contribution is 2.38. The molecule has 1 aliphatic carbocycles. The molecule has 0 atom stereocenters. The Morgan fingerprint density at radius 2 is 1.60 bits per heavy atom. The molecule has 4 heteroatoms. The van der Waals surface area contributed by atoms with Crippen LogP contribution in [0.4, 0.5) is 5.69 Å². The van der Waals surface area contributed by atoms with Crippen molar-refractivity contribution in [3.63, 3.8) is 0 Å². The lowest BCUT2D eigenvalue weighted by molar-refractivity contribution is 0.0586. The molecule has 0 unspecified atom stereocenters. The number of hydrogen-bond donors (Lipinski definition) is 0. The Bertz CT molecular complexity index is 857. The summed E-state index contributed by atoms with van der Waals surface area (Å²) < 4.78 is 0. The van der Waals surface area contributed by atoms with Crippen LogP contribution in [-0.4, -0.2) is 36.3 Å². The van der Waals surface area contributed by atoms with Crippen molar-refractivity contribution in [2.75, 3.05) is 24.5 Å². The van der Waals surface area contributed by atoms with E-state index in [0.29, 0.717) is 23.6 Å². The van der Waals surface area contributed by atoms with Crippen molar-refractivity contribution in [2.24, 2.45) is 5.92 Å². The Labute approximate surface area is 147 Å². The normalized spacial score (nSPS) is 20.5. The number of carbonyl (C=O) groups is 2. The van der Waals surface area contributed by atoms with Gasteiger partial charge in [-0.1, -0.05) is 25.0 Å². The predicted molar refractivity (Wildman–Crippen MR) is 98.1 cm³/mol. The van der Waals surface area contributed by atoms with Gasteiger partial charge in [0, 0.05) is 47.2 Å². The summed E-state index contributed by atoms with van der Waals surface area (Å²) in [5.41, 5.74) is 2.52. The number of benzene rings is 2. The van der Waals surface area contributed by atoms with Gasteiger partial charge in [0.1, 0.15) is 0 Å². The molecule has 2 fully saturated rings. The van der Waals surface area contributed by atoms with E-state index < -0.39 is 0 Å². The number of nitrogens with zero attached hydrogens (tertiary/aromatic N) is 2. The van der Waals surface area contributed by atoms with Crippen LogP contribution in [0.25, 0.3) is 10.8 Å². The highest BCUT2D eigenvalue weighted by Gasteiger charge is 2.35. The van der Waals surface area contributed by atoms with Crippen molar-refractivity contribution in [2.45, 2.75) is 32.1 Å². The van der Waals surface area contributed by atoms with Gasteiger partial charge in [-0.15, -0.1) is 0 Å². The molecule has 1 saturated carbocycles. The van der Waals surface area contributed by atoms with Gasteiger partial charge in [-0.05, 0) is 43.4 Å². The molecule has 2 heterocycles. The van der Waals surface area contributed by atoms with Crippen molar-refractivity contribution >= 4 is 28.3 Å². The quantitative estimate of drug-likeness (QED) is 0.801. The molecule has 2 aromatic carbocycles. The van der Waals surface area contributed by atoms with Crippen LogP contribution in [0.5, 0.6) is 0 Å². The van der Waals surface area contributed by atoms with Gasteiger partial charge in [-0.25, -0.2) is 0 Å². The first-order valence-electron chi connectivity index (χ1n) is 9.41. The maximum absolute atomic E-state index is 13.1. The lowest BCUT2D eigenvalue weighted by atomic mass is 9.91. The van der Waals surface area contributed by atoms with Crippen molar-refractivity contribution in [3.8, 4) is 0 Å². The number of anilines is 1. The van der Waals surface area contributed by atoms with Crippen molar-refractivity contribution in [3.05, 3.63) is 41.5 Å². The zero-order chi connectivity index (χ0) is 17.0. The molecule has 25 heavy (non-hydrogen) atoms. The number of carbonyl (C=O) groups excluding carboxylic acids is 2. The monoisotopic (exact) mass is 334 g/mol. The molecule has 2 aliphatic heterocycles.